The van der Waals surface area contributed by atoms with Crippen molar-refractivity contribution < 1.29 is 14.3 Å². The lowest BCUT2D eigenvalue weighted by molar-refractivity contribution is -0.121. The van der Waals surface area contributed by atoms with Gasteiger partial charge in [0.25, 0.3) is 5.91 Å². The molecule has 29 heavy (non-hydrogen) atoms. The van der Waals surface area contributed by atoms with Crippen LogP contribution in [0, 0.1) is 0 Å². The summed E-state index contributed by atoms with van der Waals surface area (Å²) < 4.78 is 12.1. The first-order valence-corrected chi connectivity index (χ1v) is 10.7. The van der Waals surface area contributed by atoms with Crippen molar-refractivity contribution in [3.63, 3.8) is 0 Å². The Morgan fingerprint density at radius 3 is 2.45 bits per heavy atom. The summed E-state index contributed by atoms with van der Waals surface area (Å²) in [5.41, 5.74) is 0.832. The topological polar surface area (TPSA) is 38.8 Å². The zero-order valence-electron chi connectivity index (χ0n) is 15.7. The maximum atomic E-state index is 12.5. The van der Waals surface area contributed by atoms with E-state index in [-0.39, 0.29) is 5.91 Å². The molecular formula is C22H20ClNO3S2. The van der Waals surface area contributed by atoms with E-state index in [1.807, 2.05) is 48.5 Å². The first-order chi connectivity index (χ1) is 14.1. The molecule has 0 atom stereocenters. The van der Waals surface area contributed by atoms with Crippen LogP contribution >= 0.6 is 35.6 Å². The zero-order valence-corrected chi connectivity index (χ0v) is 18.1. The molecule has 0 aromatic heterocycles. The fourth-order valence-electron chi connectivity index (χ4n) is 2.64. The molecule has 0 saturated carbocycles. The van der Waals surface area contributed by atoms with Gasteiger partial charge in [-0.15, -0.1) is 6.58 Å². The van der Waals surface area contributed by atoms with E-state index in [0.29, 0.717) is 51.9 Å². The minimum Gasteiger partial charge on any atom is -0.493 e. The molecule has 1 aliphatic rings. The molecule has 0 N–H and O–H groups in total. The van der Waals surface area contributed by atoms with Crippen LogP contribution in [0.25, 0.3) is 6.08 Å². The van der Waals surface area contributed by atoms with E-state index in [0.717, 1.165) is 5.56 Å². The summed E-state index contributed by atoms with van der Waals surface area (Å²) in [5, 5.41) is 0.590. The van der Waals surface area contributed by atoms with Gasteiger partial charge in [-0.1, -0.05) is 72.0 Å². The van der Waals surface area contributed by atoms with Gasteiger partial charge >= 0.3 is 0 Å². The Hall–Kier alpha value is -2.28. The van der Waals surface area contributed by atoms with Crippen molar-refractivity contribution in [1.82, 2.24) is 4.90 Å². The fraction of sp³-hybridized carbons (Fsp3) is 0.182. The van der Waals surface area contributed by atoms with Gasteiger partial charge in [0.1, 0.15) is 15.8 Å². The minimum absolute atomic E-state index is 0.108. The molecule has 1 saturated heterocycles. The maximum absolute atomic E-state index is 12.5. The summed E-state index contributed by atoms with van der Waals surface area (Å²) in [4.78, 5) is 14.6. The predicted octanol–water partition coefficient (Wildman–Crippen LogP) is 5.58. The molecule has 0 spiro atoms. The first kappa shape index (κ1) is 21.4. The molecule has 1 amide bonds. The van der Waals surface area contributed by atoms with Gasteiger partial charge in [-0.05, 0) is 24.3 Å². The van der Waals surface area contributed by atoms with Crippen molar-refractivity contribution in [3.8, 4) is 11.5 Å². The molecule has 0 aliphatic carbocycles. The highest BCUT2D eigenvalue weighted by Crippen LogP contribution is 2.34. The number of para-hydroxylation sites is 2. The Morgan fingerprint density at radius 1 is 1.07 bits per heavy atom. The Balaban J connectivity index is 1.58. The monoisotopic (exact) mass is 445 g/mol. The van der Waals surface area contributed by atoms with Crippen LogP contribution in [0.15, 0.2) is 66.1 Å². The van der Waals surface area contributed by atoms with Gasteiger partial charge in [-0.2, -0.15) is 0 Å². The lowest BCUT2D eigenvalue weighted by Gasteiger charge is -2.11. The molecule has 0 unspecified atom stereocenters. The highest BCUT2D eigenvalue weighted by atomic mass is 35.5. The van der Waals surface area contributed by atoms with E-state index < -0.39 is 0 Å². The van der Waals surface area contributed by atoms with Crippen LogP contribution < -0.4 is 9.47 Å². The predicted molar refractivity (Wildman–Crippen MR) is 124 cm³/mol. The fourth-order valence-corrected chi connectivity index (χ4v) is 4.10. The Labute approximate surface area is 185 Å². The summed E-state index contributed by atoms with van der Waals surface area (Å²) >= 11 is 12.6. The number of hydrogen-bond donors (Lipinski definition) is 0. The minimum atomic E-state index is -0.108. The van der Waals surface area contributed by atoms with Crippen molar-refractivity contribution in [3.05, 3.63) is 76.7 Å². The zero-order chi connectivity index (χ0) is 20.6. The van der Waals surface area contributed by atoms with Crippen LogP contribution in [0.1, 0.15) is 12.0 Å². The summed E-state index contributed by atoms with van der Waals surface area (Å²) in [6.07, 6.45) is 4.18. The highest BCUT2D eigenvalue weighted by Gasteiger charge is 2.31. The number of rotatable bonds is 9. The van der Waals surface area contributed by atoms with E-state index in [9.17, 15) is 4.79 Å². The molecule has 7 heteroatoms. The van der Waals surface area contributed by atoms with E-state index in [1.165, 1.54) is 16.7 Å². The third-order valence-corrected chi connectivity index (χ3v) is 5.72. The molecule has 0 bridgehead atoms. The molecule has 0 radical (unpaired) electrons. The van der Waals surface area contributed by atoms with Crippen LogP contribution in [0.2, 0.25) is 5.02 Å². The number of amides is 1. The van der Waals surface area contributed by atoms with Gasteiger partial charge in [0.05, 0.1) is 23.1 Å². The normalized spacial score (nSPS) is 15.1. The van der Waals surface area contributed by atoms with Crippen LogP contribution in [-0.2, 0) is 4.79 Å². The third-order valence-electron chi connectivity index (χ3n) is 4.03. The Morgan fingerprint density at radius 2 is 1.72 bits per heavy atom. The van der Waals surface area contributed by atoms with E-state index in [1.54, 1.807) is 12.1 Å². The van der Waals surface area contributed by atoms with E-state index >= 15 is 0 Å². The van der Waals surface area contributed by atoms with Crippen LogP contribution in [0.5, 0.6) is 11.5 Å². The second kappa shape index (κ2) is 10.5. The van der Waals surface area contributed by atoms with Gasteiger partial charge in [-0.25, -0.2) is 0 Å². The molecule has 4 nitrogen and oxygen atoms in total. The van der Waals surface area contributed by atoms with Crippen LogP contribution in [0.3, 0.4) is 0 Å². The van der Waals surface area contributed by atoms with Crippen LogP contribution in [0.4, 0.5) is 0 Å². The van der Waals surface area contributed by atoms with Crippen LogP contribution in [-0.4, -0.2) is 34.9 Å². The number of carbonyl (C=O) groups is 1. The van der Waals surface area contributed by atoms with Gasteiger partial charge < -0.3 is 9.47 Å². The second-order valence-corrected chi connectivity index (χ2v) is 8.18. The van der Waals surface area contributed by atoms with Gasteiger partial charge in [0, 0.05) is 18.5 Å². The summed E-state index contributed by atoms with van der Waals surface area (Å²) in [5.74, 6) is 1.26. The summed E-state index contributed by atoms with van der Waals surface area (Å²) in [6, 6.07) is 15.0. The molecule has 1 aliphatic heterocycles. The number of thiocarbonyl (C=S) groups is 1. The van der Waals surface area contributed by atoms with Crippen molar-refractivity contribution in [2.75, 3.05) is 19.8 Å². The highest BCUT2D eigenvalue weighted by molar-refractivity contribution is 8.26. The SMILES string of the molecule is C=CCN1C(=O)/C(=C\c2ccccc2OCCCOc2ccccc2Cl)SC1=S. The van der Waals surface area contributed by atoms with Gasteiger partial charge in [-0.3, -0.25) is 9.69 Å². The Kier molecular flexibility index (Phi) is 7.75. The molecule has 1 heterocycles. The molecule has 2 aromatic carbocycles. The number of benzene rings is 2. The number of thioether (sulfide) groups is 1. The second-order valence-electron chi connectivity index (χ2n) is 6.10. The van der Waals surface area contributed by atoms with E-state index in [4.69, 9.17) is 33.3 Å². The molecular weight excluding hydrogens is 426 g/mol. The number of halogens is 1. The first-order valence-electron chi connectivity index (χ1n) is 9.05. The van der Waals surface area contributed by atoms with Gasteiger partial charge in [0.15, 0.2) is 0 Å². The third kappa shape index (κ3) is 5.63. The number of hydrogen-bond acceptors (Lipinski definition) is 5. The van der Waals surface area contributed by atoms with Crippen molar-refractivity contribution in [2.45, 2.75) is 6.42 Å². The smallest absolute Gasteiger partial charge is 0.266 e. The maximum Gasteiger partial charge on any atom is 0.266 e. The van der Waals surface area contributed by atoms with Crippen molar-refractivity contribution in [2.24, 2.45) is 0 Å². The molecule has 3 rings (SSSR count). The lowest BCUT2D eigenvalue weighted by Crippen LogP contribution is -2.27. The molecule has 150 valence electrons. The Bertz CT molecular complexity index is 945. The average Bonchev–Trinajstić information content (AvgIpc) is 2.98. The summed E-state index contributed by atoms with van der Waals surface area (Å²) in [6.45, 7) is 5.05. The van der Waals surface area contributed by atoms with Crippen molar-refractivity contribution in [1.29, 1.82) is 0 Å². The largest absolute Gasteiger partial charge is 0.493 e. The molecule has 1 fully saturated rings. The molecule has 2 aromatic rings. The quantitative estimate of drug-likeness (QED) is 0.218. The van der Waals surface area contributed by atoms with Gasteiger partial charge in [0.2, 0.25) is 0 Å². The average molecular weight is 446 g/mol. The van der Waals surface area contributed by atoms with Crippen molar-refractivity contribution >= 4 is 51.9 Å². The number of nitrogens with zero attached hydrogens (tertiary/aromatic N) is 1. The number of ether oxygens (including phenoxy) is 2. The number of carbonyl (C=O) groups excluding carboxylic acids is 1. The standard InChI is InChI=1S/C22H20ClNO3S2/c1-2-12-24-21(25)20(29-22(24)28)15-16-8-3-5-10-18(16)26-13-7-14-27-19-11-6-4-9-17(19)23/h2-6,8-11,15H,1,7,12-14H2/b20-15+. The van der Waals surface area contributed by atoms with E-state index in [2.05, 4.69) is 6.58 Å². The summed E-state index contributed by atoms with van der Waals surface area (Å²) in [7, 11) is 0. The lowest BCUT2D eigenvalue weighted by atomic mass is 10.2.